The Bertz CT molecular complexity index is 1040. The molecule has 0 aliphatic rings. The number of anilines is 1. The lowest BCUT2D eigenvalue weighted by molar-refractivity contribution is 0.530. The Morgan fingerprint density at radius 1 is 1.15 bits per heavy atom. The van der Waals surface area contributed by atoms with Crippen LogP contribution in [0.4, 0.5) is 5.95 Å². The molecule has 0 aliphatic heterocycles. The zero-order valence-electron chi connectivity index (χ0n) is 13.3. The maximum atomic E-state index is 6.01. The Hall–Kier alpha value is -2.42. The second-order valence-corrected chi connectivity index (χ2v) is 7.39. The molecule has 0 amide bonds. The van der Waals surface area contributed by atoms with Gasteiger partial charge in [-0.2, -0.15) is 21.3 Å². The minimum absolute atomic E-state index is 0.190. The number of oxazole rings is 1. The molecular formula is C17H12ClN5OS2. The van der Waals surface area contributed by atoms with Crippen LogP contribution in [0.15, 0.2) is 56.9 Å². The summed E-state index contributed by atoms with van der Waals surface area (Å²) in [4.78, 5) is 17.1. The Balaban J connectivity index is 1.50. The molecule has 9 heteroatoms. The van der Waals surface area contributed by atoms with Crippen molar-refractivity contribution in [1.29, 1.82) is 0 Å². The van der Waals surface area contributed by atoms with E-state index in [0.29, 0.717) is 33.4 Å². The SMILES string of the molecule is Nc1nc(SCc2ncc(-c3cccc(Cl)c3)o2)nc(-c2ccsc2)n1. The van der Waals surface area contributed by atoms with E-state index in [4.69, 9.17) is 21.8 Å². The summed E-state index contributed by atoms with van der Waals surface area (Å²) in [5.74, 6) is 2.47. The molecule has 0 saturated heterocycles. The lowest BCUT2D eigenvalue weighted by Gasteiger charge is -2.02. The largest absolute Gasteiger partial charge is 0.440 e. The quantitative estimate of drug-likeness (QED) is 0.481. The Morgan fingerprint density at radius 3 is 2.88 bits per heavy atom. The van der Waals surface area contributed by atoms with Crippen molar-refractivity contribution < 1.29 is 4.42 Å². The number of hydrogen-bond acceptors (Lipinski definition) is 8. The number of hydrogen-bond donors (Lipinski definition) is 1. The summed E-state index contributed by atoms with van der Waals surface area (Å²) < 4.78 is 5.79. The first-order chi connectivity index (χ1) is 12.7. The molecule has 4 aromatic rings. The molecule has 130 valence electrons. The van der Waals surface area contributed by atoms with Crippen LogP contribution < -0.4 is 5.73 Å². The van der Waals surface area contributed by atoms with Crippen molar-refractivity contribution in [1.82, 2.24) is 19.9 Å². The highest BCUT2D eigenvalue weighted by atomic mass is 35.5. The first-order valence-electron chi connectivity index (χ1n) is 7.55. The van der Waals surface area contributed by atoms with Gasteiger partial charge in [-0.1, -0.05) is 35.5 Å². The monoisotopic (exact) mass is 401 g/mol. The number of halogens is 1. The second-order valence-electron chi connectivity index (χ2n) is 5.23. The van der Waals surface area contributed by atoms with E-state index in [1.54, 1.807) is 17.5 Å². The smallest absolute Gasteiger partial charge is 0.224 e. The Morgan fingerprint density at radius 2 is 2.08 bits per heavy atom. The molecule has 0 saturated carbocycles. The molecule has 6 nitrogen and oxygen atoms in total. The molecule has 0 radical (unpaired) electrons. The van der Waals surface area contributed by atoms with E-state index in [1.165, 1.54) is 11.8 Å². The Kier molecular flexibility index (Phi) is 4.87. The zero-order valence-corrected chi connectivity index (χ0v) is 15.7. The molecule has 0 aliphatic carbocycles. The van der Waals surface area contributed by atoms with Crippen molar-refractivity contribution in [2.24, 2.45) is 0 Å². The average molecular weight is 402 g/mol. The number of rotatable bonds is 5. The molecule has 3 heterocycles. The van der Waals surface area contributed by atoms with Gasteiger partial charge in [-0.05, 0) is 23.6 Å². The molecule has 0 unspecified atom stereocenters. The summed E-state index contributed by atoms with van der Waals surface area (Å²) in [6.07, 6.45) is 1.68. The Labute approximate surface area is 162 Å². The topological polar surface area (TPSA) is 90.7 Å². The van der Waals surface area contributed by atoms with Gasteiger partial charge in [0.25, 0.3) is 0 Å². The molecule has 26 heavy (non-hydrogen) atoms. The zero-order chi connectivity index (χ0) is 17.9. The van der Waals surface area contributed by atoms with E-state index in [2.05, 4.69) is 19.9 Å². The summed E-state index contributed by atoms with van der Waals surface area (Å²) in [7, 11) is 0. The number of aromatic nitrogens is 4. The lowest BCUT2D eigenvalue weighted by Crippen LogP contribution is -2.01. The summed E-state index contributed by atoms with van der Waals surface area (Å²) in [6.45, 7) is 0. The number of benzene rings is 1. The normalized spacial score (nSPS) is 11.0. The number of thiophene rings is 1. The molecule has 0 spiro atoms. The van der Waals surface area contributed by atoms with Crippen LogP contribution in [0.25, 0.3) is 22.7 Å². The van der Waals surface area contributed by atoms with Gasteiger partial charge in [-0.25, -0.2) is 9.97 Å². The summed E-state index contributed by atoms with van der Waals surface area (Å²) >= 11 is 8.98. The van der Waals surface area contributed by atoms with Crippen molar-refractivity contribution in [2.45, 2.75) is 10.9 Å². The number of thioether (sulfide) groups is 1. The van der Waals surface area contributed by atoms with Crippen LogP contribution in [0.1, 0.15) is 5.89 Å². The molecule has 2 N–H and O–H groups in total. The van der Waals surface area contributed by atoms with Gasteiger partial charge >= 0.3 is 0 Å². The van der Waals surface area contributed by atoms with Gasteiger partial charge < -0.3 is 10.2 Å². The molecular weight excluding hydrogens is 390 g/mol. The van der Waals surface area contributed by atoms with E-state index < -0.39 is 0 Å². The van der Waals surface area contributed by atoms with Crippen LogP contribution in [0.5, 0.6) is 0 Å². The van der Waals surface area contributed by atoms with Crippen molar-refractivity contribution in [3.8, 4) is 22.7 Å². The van der Waals surface area contributed by atoms with Crippen molar-refractivity contribution in [3.05, 3.63) is 58.2 Å². The van der Waals surface area contributed by atoms with E-state index in [-0.39, 0.29) is 5.95 Å². The van der Waals surface area contributed by atoms with Gasteiger partial charge in [0, 0.05) is 21.5 Å². The van der Waals surface area contributed by atoms with Crippen LogP contribution in [-0.4, -0.2) is 19.9 Å². The van der Waals surface area contributed by atoms with E-state index in [0.717, 1.165) is 11.1 Å². The third-order valence-electron chi connectivity index (χ3n) is 3.40. The maximum absolute atomic E-state index is 6.01. The lowest BCUT2D eigenvalue weighted by atomic mass is 10.2. The van der Waals surface area contributed by atoms with Gasteiger partial charge in [-0.3, -0.25) is 0 Å². The van der Waals surface area contributed by atoms with E-state index in [1.807, 2.05) is 41.1 Å². The molecule has 3 aromatic heterocycles. The van der Waals surface area contributed by atoms with Crippen LogP contribution in [0.3, 0.4) is 0 Å². The molecule has 4 rings (SSSR count). The van der Waals surface area contributed by atoms with Crippen LogP contribution in [0.2, 0.25) is 5.02 Å². The highest BCUT2D eigenvalue weighted by Crippen LogP contribution is 2.27. The van der Waals surface area contributed by atoms with Crippen molar-refractivity contribution in [3.63, 3.8) is 0 Å². The molecule has 0 atom stereocenters. The fraction of sp³-hybridized carbons (Fsp3) is 0.0588. The highest BCUT2D eigenvalue weighted by Gasteiger charge is 2.11. The summed E-state index contributed by atoms with van der Waals surface area (Å²) in [5.41, 5.74) is 7.61. The van der Waals surface area contributed by atoms with Gasteiger partial charge in [0.05, 0.1) is 11.9 Å². The molecule has 0 bridgehead atoms. The van der Waals surface area contributed by atoms with E-state index in [9.17, 15) is 0 Å². The molecule has 0 fully saturated rings. The van der Waals surface area contributed by atoms with E-state index >= 15 is 0 Å². The van der Waals surface area contributed by atoms with Gasteiger partial charge in [0.15, 0.2) is 16.7 Å². The number of nitrogens with two attached hydrogens (primary N) is 1. The summed E-state index contributed by atoms with van der Waals surface area (Å²) in [5, 5.41) is 5.11. The predicted octanol–water partition coefficient (Wildman–Crippen LogP) is 4.78. The van der Waals surface area contributed by atoms with Crippen molar-refractivity contribution in [2.75, 3.05) is 5.73 Å². The minimum Gasteiger partial charge on any atom is -0.440 e. The first-order valence-corrected chi connectivity index (χ1v) is 9.85. The minimum atomic E-state index is 0.190. The predicted molar refractivity (Wildman–Crippen MR) is 104 cm³/mol. The second kappa shape index (κ2) is 7.45. The third kappa shape index (κ3) is 3.87. The number of nitrogens with zero attached hydrogens (tertiary/aromatic N) is 4. The first kappa shape index (κ1) is 17.0. The third-order valence-corrected chi connectivity index (χ3v) is 5.15. The van der Waals surface area contributed by atoms with Crippen molar-refractivity contribution >= 4 is 40.6 Å². The number of nitrogen functional groups attached to an aromatic ring is 1. The standard InChI is InChI=1S/C17H12ClN5OS2/c18-12-3-1-2-10(6-12)13-7-20-14(24-13)9-26-17-22-15(21-16(19)23-17)11-4-5-25-8-11/h1-8H,9H2,(H2,19,21,22,23). The highest BCUT2D eigenvalue weighted by molar-refractivity contribution is 7.98. The van der Waals surface area contributed by atoms with Crippen LogP contribution in [0, 0.1) is 0 Å². The van der Waals surface area contributed by atoms with Crippen LogP contribution >= 0.6 is 34.7 Å². The average Bonchev–Trinajstić information content (AvgIpc) is 3.32. The maximum Gasteiger partial charge on any atom is 0.224 e. The van der Waals surface area contributed by atoms with Gasteiger partial charge in [0.2, 0.25) is 11.8 Å². The fourth-order valence-corrected chi connectivity index (χ4v) is 3.76. The fourth-order valence-electron chi connectivity index (χ4n) is 2.24. The molecule has 1 aromatic carbocycles. The van der Waals surface area contributed by atoms with Gasteiger partial charge in [0.1, 0.15) is 0 Å². The summed E-state index contributed by atoms with van der Waals surface area (Å²) in [6, 6.07) is 9.38. The van der Waals surface area contributed by atoms with Gasteiger partial charge in [-0.15, -0.1) is 0 Å². The van der Waals surface area contributed by atoms with Crippen LogP contribution in [-0.2, 0) is 5.75 Å².